The fourth-order valence-electron chi connectivity index (χ4n) is 4.57. The Labute approximate surface area is 172 Å². The summed E-state index contributed by atoms with van der Waals surface area (Å²) in [6.45, 7) is 0. The average Bonchev–Trinajstić information content (AvgIpc) is 2.80. The predicted molar refractivity (Wildman–Crippen MR) is 114 cm³/mol. The number of ether oxygens (including phenoxy) is 1. The van der Waals surface area contributed by atoms with E-state index >= 15 is 0 Å². The number of hydrogen-bond donors (Lipinski definition) is 1. The molecule has 0 heterocycles. The zero-order valence-electron chi connectivity index (χ0n) is 16.4. The average molecular weight is 386 g/mol. The Morgan fingerprint density at radius 1 is 0.862 bits per heavy atom. The summed E-state index contributed by atoms with van der Waals surface area (Å²) in [6.07, 6.45) is 2.25. The van der Waals surface area contributed by atoms with E-state index in [9.17, 15) is 9.90 Å². The van der Waals surface area contributed by atoms with Crippen LogP contribution in [0.1, 0.15) is 53.3 Å². The van der Waals surface area contributed by atoms with Gasteiger partial charge in [0.1, 0.15) is 6.10 Å². The second-order valence-corrected chi connectivity index (χ2v) is 7.73. The van der Waals surface area contributed by atoms with Crippen molar-refractivity contribution in [3.8, 4) is 0 Å². The summed E-state index contributed by atoms with van der Waals surface area (Å²) in [5.74, 6) is -0.368. The summed E-state index contributed by atoms with van der Waals surface area (Å²) in [6, 6.07) is 28.9. The highest BCUT2D eigenvalue weighted by molar-refractivity contribution is 5.89. The maximum absolute atomic E-state index is 13.0. The summed E-state index contributed by atoms with van der Waals surface area (Å²) in [5, 5.41) is 11.3. The zero-order valence-corrected chi connectivity index (χ0v) is 16.4. The molecule has 1 fully saturated rings. The third-order valence-electron chi connectivity index (χ3n) is 6.03. The molecule has 0 saturated heterocycles. The maximum Gasteiger partial charge on any atom is 0.338 e. The van der Waals surface area contributed by atoms with Gasteiger partial charge < -0.3 is 9.84 Å². The Morgan fingerprint density at radius 2 is 1.45 bits per heavy atom. The zero-order chi connectivity index (χ0) is 20.1. The van der Waals surface area contributed by atoms with Crippen LogP contribution in [0.5, 0.6) is 0 Å². The van der Waals surface area contributed by atoms with E-state index in [2.05, 4.69) is 0 Å². The van der Waals surface area contributed by atoms with Crippen LogP contribution in [-0.4, -0.2) is 17.2 Å². The van der Waals surface area contributed by atoms with Gasteiger partial charge in [0.15, 0.2) is 0 Å². The lowest BCUT2D eigenvalue weighted by atomic mass is 9.62. The van der Waals surface area contributed by atoms with Gasteiger partial charge in [0.05, 0.1) is 17.1 Å². The number of aliphatic hydroxyl groups is 1. The fourth-order valence-corrected chi connectivity index (χ4v) is 4.57. The molecule has 3 aromatic rings. The Bertz CT molecular complexity index is 924. The summed E-state index contributed by atoms with van der Waals surface area (Å²) >= 11 is 0. The van der Waals surface area contributed by atoms with Gasteiger partial charge in [-0.05, 0) is 36.1 Å². The van der Waals surface area contributed by atoms with E-state index in [-0.39, 0.29) is 5.97 Å². The first-order valence-electron chi connectivity index (χ1n) is 10.3. The monoisotopic (exact) mass is 386 g/mol. The number of hydrogen-bond acceptors (Lipinski definition) is 3. The van der Waals surface area contributed by atoms with Crippen LogP contribution >= 0.6 is 0 Å². The van der Waals surface area contributed by atoms with E-state index in [0.717, 1.165) is 30.4 Å². The Balaban J connectivity index is 1.82. The van der Waals surface area contributed by atoms with Crippen LogP contribution in [0.25, 0.3) is 0 Å². The molecule has 1 aliphatic carbocycles. The largest absolute Gasteiger partial charge is 0.453 e. The quantitative estimate of drug-likeness (QED) is 0.593. The minimum atomic E-state index is -0.675. The lowest BCUT2D eigenvalue weighted by Crippen LogP contribution is -2.48. The van der Waals surface area contributed by atoms with Crippen molar-refractivity contribution in [2.75, 3.05) is 0 Å². The topological polar surface area (TPSA) is 46.5 Å². The van der Waals surface area contributed by atoms with Gasteiger partial charge in [0, 0.05) is 0 Å². The highest BCUT2D eigenvalue weighted by atomic mass is 16.5. The molecule has 4 rings (SSSR count). The van der Waals surface area contributed by atoms with Crippen molar-refractivity contribution < 1.29 is 14.6 Å². The van der Waals surface area contributed by atoms with Crippen molar-refractivity contribution >= 4 is 5.97 Å². The third kappa shape index (κ3) is 3.83. The van der Waals surface area contributed by atoms with Crippen molar-refractivity contribution in [2.24, 2.45) is 0 Å². The predicted octanol–water partition coefficient (Wildman–Crippen LogP) is 5.46. The molecule has 1 saturated carbocycles. The van der Waals surface area contributed by atoms with Gasteiger partial charge in [-0.1, -0.05) is 91.7 Å². The molecule has 148 valence electrons. The van der Waals surface area contributed by atoms with Gasteiger partial charge in [0.25, 0.3) is 0 Å². The molecule has 3 nitrogen and oxygen atoms in total. The van der Waals surface area contributed by atoms with Crippen molar-refractivity contribution in [3.63, 3.8) is 0 Å². The van der Waals surface area contributed by atoms with Crippen LogP contribution in [0.15, 0.2) is 91.0 Å². The van der Waals surface area contributed by atoms with Crippen molar-refractivity contribution in [1.29, 1.82) is 0 Å². The molecule has 0 amide bonds. The number of benzene rings is 3. The molecule has 0 radical (unpaired) electrons. The lowest BCUT2D eigenvalue weighted by molar-refractivity contribution is -0.0582. The molecule has 1 aliphatic rings. The minimum Gasteiger partial charge on any atom is -0.453 e. The van der Waals surface area contributed by atoms with Crippen molar-refractivity contribution in [1.82, 2.24) is 0 Å². The fraction of sp³-hybridized carbons (Fsp3) is 0.269. The van der Waals surface area contributed by atoms with E-state index < -0.39 is 17.6 Å². The van der Waals surface area contributed by atoms with Crippen LogP contribution < -0.4 is 0 Å². The molecular formula is C26H26O3. The van der Waals surface area contributed by atoms with Gasteiger partial charge in [-0.25, -0.2) is 4.79 Å². The van der Waals surface area contributed by atoms with Crippen molar-refractivity contribution in [3.05, 3.63) is 108 Å². The summed E-state index contributed by atoms with van der Waals surface area (Å²) in [4.78, 5) is 13.0. The van der Waals surface area contributed by atoms with Crippen LogP contribution in [0.4, 0.5) is 0 Å². The number of esters is 1. The molecule has 3 heteroatoms. The van der Waals surface area contributed by atoms with E-state index in [1.807, 2.05) is 78.9 Å². The molecular weight excluding hydrogens is 360 g/mol. The number of aliphatic hydroxyl groups excluding tert-OH is 1. The first-order chi connectivity index (χ1) is 14.2. The minimum absolute atomic E-state index is 0.368. The Hall–Kier alpha value is -2.91. The van der Waals surface area contributed by atoms with Gasteiger partial charge >= 0.3 is 5.97 Å². The molecule has 0 spiro atoms. The third-order valence-corrected chi connectivity index (χ3v) is 6.03. The second-order valence-electron chi connectivity index (χ2n) is 7.73. The molecule has 0 aliphatic heterocycles. The summed E-state index contributed by atoms with van der Waals surface area (Å²) < 4.78 is 6.19. The molecule has 0 unspecified atom stereocenters. The SMILES string of the molecule is O=C(O[C@@H](c1ccccc1)[C@@]1(c2ccccc2)CCCC[C@@H]1O)c1ccccc1. The maximum atomic E-state index is 13.0. The smallest absolute Gasteiger partial charge is 0.338 e. The van der Waals surface area contributed by atoms with Gasteiger partial charge in [-0.15, -0.1) is 0 Å². The Kier molecular flexibility index (Phi) is 5.77. The normalized spacial score (nSPS) is 22.6. The van der Waals surface area contributed by atoms with Gasteiger partial charge in [-0.3, -0.25) is 0 Å². The van der Waals surface area contributed by atoms with Gasteiger partial charge in [-0.2, -0.15) is 0 Å². The standard InChI is InChI=1S/C26H26O3/c27-23-18-10-11-19-26(23,22-16-8-3-9-17-22)24(20-12-4-1-5-13-20)29-25(28)21-14-6-2-7-15-21/h1-9,12-17,23-24,27H,10-11,18-19H2/t23-,24-,26+/m0/s1. The molecule has 3 atom stereocenters. The van der Waals surface area contributed by atoms with E-state index in [0.29, 0.717) is 12.0 Å². The van der Waals surface area contributed by atoms with Crippen LogP contribution in [0.2, 0.25) is 0 Å². The first kappa shape index (κ1) is 19.4. The molecule has 3 aromatic carbocycles. The Morgan fingerprint density at radius 3 is 2.07 bits per heavy atom. The molecule has 29 heavy (non-hydrogen) atoms. The highest BCUT2D eigenvalue weighted by Gasteiger charge is 2.50. The lowest BCUT2D eigenvalue weighted by Gasteiger charge is -2.47. The molecule has 0 aromatic heterocycles. The molecule has 1 N–H and O–H groups in total. The highest BCUT2D eigenvalue weighted by Crippen LogP contribution is 2.50. The number of carbonyl (C=O) groups is 1. The number of carbonyl (C=O) groups excluding carboxylic acids is 1. The van der Waals surface area contributed by atoms with Crippen molar-refractivity contribution in [2.45, 2.75) is 43.3 Å². The summed E-state index contributed by atoms with van der Waals surface area (Å²) in [7, 11) is 0. The van der Waals surface area contributed by atoms with Gasteiger partial charge in [0.2, 0.25) is 0 Å². The number of rotatable bonds is 5. The summed E-state index contributed by atoms with van der Waals surface area (Å²) in [5.41, 5.74) is 1.76. The van der Waals surface area contributed by atoms with E-state index in [4.69, 9.17) is 4.74 Å². The van der Waals surface area contributed by atoms with E-state index in [1.54, 1.807) is 12.1 Å². The molecule has 0 bridgehead atoms. The van der Waals surface area contributed by atoms with Crippen LogP contribution in [0.3, 0.4) is 0 Å². The first-order valence-corrected chi connectivity index (χ1v) is 10.3. The second kappa shape index (κ2) is 8.62. The van der Waals surface area contributed by atoms with Crippen LogP contribution in [-0.2, 0) is 10.2 Å². The van der Waals surface area contributed by atoms with E-state index in [1.165, 1.54) is 0 Å². The van der Waals surface area contributed by atoms with Crippen LogP contribution in [0, 0.1) is 0 Å².